The molecule has 7 heteroatoms. The molecule has 1 fully saturated rings. The Morgan fingerprint density at radius 3 is 2.73 bits per heavy atom. The molecule has 0 aliphatic carbocycles. The maximum Gasteiger partial charge on any atom is 0.223 e. The maximum atomic E-state index is 11.7. The predicted molar refractivity (Wildman–Crippen MR) is 84.4 cm³/mol. The van der Waals surface area contributed by atoms with Crippen LogP contribution in [0.15, 0.2) is 6.33 Å². The Balaban J connectivity index is 1.85. The van der Waals surface area contributed by atoms with Gasteiger partial charge >= 0.3 is 0 Å². The fraction of sp³-hybridized carbons (Fsp3) is 0.733. The lowest BCUT2D eigenvalue weighted by Gasteiger charge is -2.21. The van der Waals surface area contributed by atoms with Crippen molar-refractivity contribution in [2.24, 2.45) is 0 Å². The molecule has 1 aromatic rings. The van der Waals surface area contributed by atoms with Crippen LogP contribution in [0.4, 0.5) is 0 Å². The Kier molecular flexibility index (Phi) is 5.93. The molecule has 0 aromatic carbocycles. The molecule has 1 aliphatic rings. The van der Waals surface area contributed by atoms with E-state index in [-0.39, 0.29) is 5.91 Å². The van der Waals surface area contributed by atoms with E-state index in [2.05, 4.69) is 19.8 Å². The van der Waals surface area contributed by atoms with Crippen LogP contribution in [0, 0.1) is 6.92 Å². The minimum Gasteiger partial charge on any atom is -0.390 e. The lowest BCUT2D eigenvalue weighted by molar-refractivity contribution is -0.129. The molecular weight excluding hydrogens is 282 g/mol. The van der Waals surface area contributed by atoms with Crippen LogP contribution in [-0.4, -0.2) is 88.6 Å². The number of hydrogen-bond donors (Lipinski definition) is 2. The van der Waals surface area contributed by atoms with E-state index in [1.165, 1.54) is 0 Å². The van der Waals surface area contributed by atoms with Crippen LogP contribution >= 0.6 is 0 Å². The number of carbonyl (C=O) groups is 1. The fourth-order valence-corrected chi connectivity index (χ4v) is 2.70. The van der Waals surface area contributed by atoms with E-state index in [1.807, 2.05) is 6.92 Å². The molecule has 1 aliphatic heterocycles. The summed E-state index contributed by atoms with van der Waals surface area (Å²) >= 11 is 0. The van der Waals surface area contributed by atoms with Crippen molar-refractivity contribution < 1.29 is 9.90 Å². The second-order valence-corrected chi connectivity index (χ2v) is 6.20. The molecule has 7 nitrogen and oxygen atoms in total. The Morgan fingerprint density at radius 2 is 2.09 bits per heavy atom. The number of β-amino-alcohol motifs (C(OH)–C–C–N with tert-alkyl or cyclic N) is 1. The SMILES string of the molecule is Cc1[nH]cnc1CN1CCN(CCC(=O)N(C)C)C[C@@H](O)C1. The summed E-state index contributed by atoms with van der Waals surface area (Å²) in [6.45, 7) is 6.46. The van der Waals surface area contributed by atoms with Crippen molar-refractivity contribution in [1.29, 1.82) is 0 Å². The van der Waals surface area contributed by atoms with E-state index in [4.69, 9.17) is 0 Å². The summed E-state index contributed by atoms with van der Waals surface area (Å²) in [5.41, 5.74) is 2.11. The average molecular weight is 309 g/mol. The highest BCUT2D eigenvalue weighted by molar-refractivity contribution is 5.75. The Morgan fingerprint density at radius 1 is 1.41 bits per heavy atom. The van der Waals surface area contributed by atoms with Crippen LogP contribution in [0.25, 0.3) is 0 Å². The van der Waals surface area contributed by atoms with Crippen molar-refractivity contribution in [3.05, 3.63) is 17.7 Å². The highest BCUT2D eigenvalue weighted by atomic mass is 16.3. The molecule has 0 bridgehead atoms. The Bertz CT molecular complexity index is 488. The Labute approximate surface area is 131 Å². The minimum absolute atomic E-state index is 0.128. The van der Waals surface area contributed by atoms with Crippen LogP contribution in [0.2, 0.25) is 0 Å². The van der Waals surface area contributed by atoms with E-state index in [9.17, 15) is 9.90 Å². The van der Waals surface area contributed by atoms with Crippen molar-refractivity contribution in [3.63, 3.8) is 0 Å². The number of amides is 1. The molecule has 124 valence electrons. The van der Waals surface area contributed by atoms with Gasteiger partial charge in [0.1, 0.15) is 0 Å². The van der Waals surface area contributed by atoms with E-state index >= 15 is 0 Å². The number of carbonyl (C=O) groups excluding carboxylic acids is 1. The molecule has 1 amide bonds. The number of imidazole rings is 1. The van der Waals surface area contributed by atoms with Crippen molar-refractivity contribution >= 4 is 5.91 Å². The van der Waals surface area contributed by atoms with Gasteiger partial charge in [0.05, 0.1) is 18.1 Å². The van der Waals surface area contributed by atoms with Gasteiger partial charge < -0.3 is 15.0 Å². The van der Waals surface area contributed by atoms with E-state index in [0.29, 0.717) is 26.1 Å². The van der Waals surface area contributed by atoms with Crippen molar-refractivity contribution in [3.8, 4) is 0 Å². The van der Waals surface area contributed by atoms with Crippen LogP contribution in [0.1, 0.15) is 17.8 Å². The molecule has 2 heterocycles. The normalized spacial score (nSPS) is 20.8. The number of aryl methyl sites for hydroxylation is 1. The molecule has 1 saturated heterocycles. The second-order valence-electron chi connectivity index (χ2n) is 6.20. The van der Waals surface area contributed by atoms with Crippen molar-refractivity contribution in [2.75, 3.05) is 46.8 Å². The second kappa shape index (κ2) is 7.71. The van der Waals surface area contributed by atoms with Gasteiger partial charge in [-0.15, -0.1) is 0 Å². The fourth-order valence-electron chi connectivity index (χ4n) is 2.70. The smallest absolute Gasteiger partial charge is 0.223 e. The summed E-state index contributed by atoms with van der Waals surface area (Å²) in [5, 5.41) is 10.2. The third-order valence-corrected chi connectivity index (χ3v) is 4.12. The number of H-pyrrole nitrogens is 1. The number of nitrogens with one attached hydrogen (secondary N) is 1. The summed E-state index contributed by atoms with van der Waals surface area (Å²) < 4.78 is 0. The number of hydrogen-bond acceptors (Lipinski definition) is 5. The first kappa shape index (κ1) is 16.9. The van der Waals surface area contributed by atoms with Gasteiger partial charge in [0.2, 0.25) is 5.91 Å². The number of aliphatic hydroxyl groups excluding tert-OH is 1. The van der Waals surface area contributed by atoms with E-state index < -0.39 is 6.10 Å². The van der Waals surface area contributed by atoms with E-state index in [0.717, 1.165) is 31.0 Å². The van der Waals surface area contributed by atoms with Crippen molar-refractivity contribution in [1.82, 2.24) is 24.7 Å². The molecule has 22 heavy (non-hydrogen) atoms. The van der Waals surface area contributed by atoms with Crippen molar-refractivity contribution in [2.45, 2.75) is 26.0 Å². The quantitative estimate of drug-likeness (QED) is 0.779. The number of nitrogens with zero attached hydrogens (tertiary/aromatic N) is 4. The zero-order valence-electron chi connectivity index (χ0n) is 13.7. The first-order valence-electron chi connectivity index (χ1n) is 7.77. The van der Waals surface area contributed by atoms with Gasteiger partial charge in [-0.25, -0.2) is 4.98 Å². The Hall–Kier alpha value is -1.44. The highest BCUT2D eigenvalue weighted by Crippen LogP contribution is 2.10. The summed E-state index contributed by atoms with van der Waals surface area (Å²) in [6.07, 6.45) is 1.81. The predicted octanol–water partition coefficient (Wildman–Crippen LogP) is -0.325. The summed E-state index contributed by atoms with van der Waals surface area (Å²) in [7, 11) is 3.54. The molecule has 1 aromatic heterocycles. The first-order chi connectivity index (χ1) is 10.5. The topological polar surface area (TPSA) is 75.7 Å². The van der Waals surface area contributed by atoms with Gasteiger partial charge in [0.15, 0.2) is 0 Å². The van der Waals surface area contributed by atoms with Gasteiger partial charge in [0, 0.05) is 65.5 Å². The standard InChI is InChI=1S/C15H27N5O2/c1-12-14(17-11-16-12)10-20-7-6-19(8-13(21)9-20)5-4-15(22)18(2)3/h11,13,21H,4-10H2,1-3H3,(H,16,17)/t13-/m1/s1. The highest BCUT2D eigenvalue weighted by Gasteiger charge is 2.22. The number of rotatable bonds is 5. The molecule has 0 spiro atoms. The lowest BCUT2D eigenvalue weighted by atomic mass is 10.3. The molecule has 1 atom stereocenters. The van der Waals surface area contributed by atoms with Gasteiger partial charge in [-0.05, 0) is 6.92 Å². The summed E-state index contributed by atoms with van der Waals surface area (Å²) in [5.74, 6) is 0.128. The van der Waals surface area contributed by atoms with Gasteiger partial charge in [-0.1, -0.05) is 0 Å². The van der Waals surface area contributed by atoms with Crippen LogP contribution in [-0.2, 0) is 11.3 Å². The number of aromatic amines is 1. The zero-order valence-corrected chi connectivity index (χ0v) is 13.7. The third-order valence-electron chi connectivity index (χ3n) is 4.12. The number of aromatic nitrogens is 2. The van der Waals surface area contributed by atoms with Gasteiger partial charge in [-0.2, -0.15) is 0 Å². The zero-order chi connectivity index (χ0) is 16.1. The third kappa shape index (κ3) is 4.79. The molecule has 0 unspecified atom stereocenters. The first-order valence-corrected chi connectivity index (χ1v) is 7.77. The largest absolute Gasteiger partial charge is 0.390 e. The monoisotopic (exact) mass is 309 g/mol. The molecule has 0 saturated carbocycles. The van der Waals surface area contributed by atoms with E-state index in [1.54, 1.807) is 25.3 Å². The van der Waals surface area contributed by atoms with Crippen LogP contribution < -0.4 is 0 Å². The molecule has 2 rings (SSSR count). The average Bonchev–Trinajstić information content (AvgIpc) is 2.76. The summed E-state index contributed by atoms with van der Waals surface area (Å²) in [6, 6.07) is 0. The minimum atomic E-state index is -0.392. The van der Waals surface area contributed by atoms with Gasteiger partial charge in [0.25, 0.3) is 0 Å². The molecular formula is C15H27N5O2. The number of aliphatic hydroxyl groups is 1. The van der Waals surface area contributed by atoms with Crippen LogP contribution in [0.5, 0.6) is 0 Å². The molecule has 2 N–H and O–H groups in total. The van der Waals surface area contributed by atoms with Gasteiger partial charge in [-0.3, -0.25) is 14.6 Å². The summed E-state index contributed by atoms with van der Waals surface area (Å²) in [4.78, 5) is 25.1. The maximum absolute atomic E-state index is 11.7. The molecule has 0 radical (unpaired) electrons. The van der Waals surface area contributed by atoms with Crippen LogP contribution in [0.3, 0.4) is 0 Å². The lowest BCUT2D eigenvalue weighted by Crippen LogP contribution is -2.35.